The lowest BCUT2D eigenvalue weighted by atomic mass is 9.91. The summed E-state index contributed by atoms with van der Waals surface area (Å²) in [4.78, 5) is 17.4. The van der Waals surface area contributed by atoms with E-state index in [-0.39, 0.29) is 31.3 Å². The Labute approximate surface area is 309 Å². The standard InChI is InChI=1S/C40H31F5N2O4S2/c1-21-29(20-52-40-47-28-8-4-5-9-30(28)53-40)50-39(51-37(21)24-12-10-22(19-48)11-13-24)25-16-14-23(15-17-25)27-7-3-2-6-26(27)18-46-38(49)31-32(41)34(43)36(45)35(44)33(31)42/h2-17,21,29,37,39,48H,18-20H2,1H3,(H,46,49). The molecule has 272 valence electrons. The lowest BCUT2D eigenvalue weighted by molar-refractivity contribution is -0.268. The molecule has 13 heteroatoms. The molecule has 1 aliphatic heterocycles. The number of rotatable bonds is 10. The molecule has 0 radical (unpaired) electrons. The van der Waals surface area contributed by atoms with Crippen LogP contribution < -0.4 is 5.32 Å². The number of fused-ring (bicyclic) bond motifs is 1. The first-order valence-corrected chi connectivity index (χ1v) is 18.4. The van der Waals surface area contributed by atoms with Gasteiger partial charge in [0, 0.05) is 23.8 Å². The number of nitrogens with zero attached hydrogens (tertiary/aromatic N) is 1. The highest BCUT2D eigenvalue weighted by Crippen LogP contribution is 2.44. The molecule has 6 nitrogen and oxygen atoms in total. The van der Waals surface area contributed by atoms with E-state index in [9.17, 15) is 31.9 Å². The maximum absolute atomic E-state index is 14.3. The smallest absolute Gasteiger partial charge is 0.257 e. The third-order valence-corrected chi connectivity index (χ3v) is 11.4. The number of hydrogen-bond donors (Lipinski definition) is 2. The van der Waals surface area contributed by atoms with Crippen LogP contribution in [0.3, 0.4) is 0 Å². The Morgan fingerprint density at radius 1 is 0.811 bits per heavy atom. The maximum Gasteiger partial charge on any atom is 0.257 e. The second-order valence-electron chi connectivity index (χ2n) is 12.5. The lowest BCUT2D eigenvalue weighted by Gasteiger charge is -2.41. The summed E-state index contributed by atoms with van der Waals surface area (Å²) in [6.07, 6.45) is -1.25. The Balaban J connectivity index is 1.11. The Morgan fingerprint density at radius 3 is 2.15 bits per heavy atom. The highest BCUT2D eigenvalue weighted by atomic mass is 32.2. The molecule has 0 saturated carbocycles. The van der Waals surface area contributed by atoms with E-state index in [4.69, 9.17) is 14.5 Å². The monoisotopic (exact) mass is 762 g/mol. The van der Waals surface area contributed by atoms with Crippen molar-refractivity contribution in [3.05, 3.63) is 154 Å². The van der Waals surface area contributed by atoms with Gasteiger partial charge in [-0.05, 0) is 39.9 Å². The van der Waals surface area contributed by atoms with Crippen molar-refractivity contribution < 1.29 is 41.3 Å². The van der Waals surface area contributed by atoms with Crippen LogP contribution in [0.15, 0.2) is 101 Å². The number of aromatic nitrogens is 1. The number of aliphatic hydroxyl groups excluding tert-OH is 1. The summed E-state index contributed by atoms with van der Waals surface area (Å²) in [5.41, 5.74) is 3.84. The molecule has 1 aromatic heterocycles. The molecule has 2 heterocycles. The number of nitrogens with one attached hydrogen (secondary N) is 1. The van der Waals surface area contributed by atoms with Gasteiger partial charge in [0.2, 0.25) is 5.82 Å². The molecule has 5 aromatic carbocycles. The Hall–Kier alpha value is -4.66. The molecule has 7 rings (SSSR count). The molecule has 1 aliphatic rings. The van der Waals surface area contributed by atoms with Gasteiger partial charge in [-0.1, -0.05) is 104 Å². The second kappa shape index (κ2) is 15.7. The minimum Gasteiger partial charge on any atom is -0.392 e. The highest BCUT2D eigenvalue weighted by Gasteiger charge is 2.38. The third-order valence-electron chi connectivity index (χ3n) is 9.16. The summed E-state index contributed by atoms with van der Waals surface area (Å²) >= 11 is 3.27. The number of carbonyl (C=O) groups is 1. The number of hydrogen-bond acceptors (Lipinski definition) is 7. The fourth-order valence-corrected chi connectivity index (χ4v) is 8.48. The average molecular weight is 763 g/mol. The van der Waals surface area contributed by atoms with Crippen molar-refractivity contribution in [2.75, 3.05) is 5.75 Å². The predicted octanol–water partition coefficient (Wildman–Crippen LogP) is 9.66. The summed E-state index contributed by atoms with van der Waals surface area (Å²) in [6, 6.07) is 30.0. The second-order valence-corrected chi connectivity index (χ2v) is 14.8. The fraction of sp³-hybridized carbons (Fsp3) is 0.200. The highest BCUT2D eigenvalue weighted by molar-refractivity contribution is 8.01. The van der Waals surface area contributed by atoms with E-state index in [2.05, 4.69) is 12.2 Å². The van der Waals surface area contributed by atoms with Gasteiger partial charge < -0.3 is 19.9 Å². The van der Waals surface area contributed by atoms with Crippen molar-refractivity contribution in [1.29, 1.82) is 0 Å². The zero-order valence-corrected chi connectivity index (χ0v) is 29.6. The van der Waals surface area contributed by atoms with Crippen LogP contribution in [-0.4, -0.2) is 27.9 Å². The van der Waals surface area contributed by atoms with Crippen LogP contribution >= 0.6 is 23.1 Å². The van der Waals surface area contributed by atoms with E-state index >= 15 is 0 Å². The van der Waals surface area contributed by atoms with Gasteiger partial charge in [0.25, 0.3) is 5.91 Å². The van der Waals surface area contributed by atoms with Crippen molar-refractivity contribution in [3.63, 3.8) is 0 Å². The molecule has 2 N–H and O–H groups in total. The number of carbonyl (C=O) groups excluding carboxylic acids is 1. The van der Waals surface area contributed by atoms with Gasteiger partial charge in [-0.15, -0.1) is 11.3 Å². The number of ether oxygens (including phenoxy) is 2. The Morgan fingerprint density at radius 2 is 1.45 bits per heavy atom. The molecular weight excluding hydrogens is 732 g/mol. The number of para-hydroxylation sites is 1. The van der Waals surface area contributed by atoms with Gasteiger partial charge in [0.15, 0.2) is 33.9 Å². The first-order valence-electron chi connectivity index (χ1n) is 16.6. The molecule has 4 atom stereocenters. The van der Waals surface area contributed by atoms with Gasteiger partial charge in [0.1, 0.15) is 5.56 Å². The third kappa shape index (κ3) is 7.58. The summed E-state index contributed by atoms with van der Waals surface area (Å²) in [5, 5.41) is 11.9. The molecule has 53 heavy (non-hydrogen) atoms. The normalized spacial score (nSPS) is 18.7. The predicted molar refractivity (Wildman–Crippen MR) is 193 cm³/mol. The molecule has 0 aliphatic carbocycles. The van der Waals surface area contributed by atoms with Crippen LogP contribution in [0.2, 0.25) is 0 Å². The minimum atomic E-state index is -2.34. The summed E-state index contributed by atoms with van der Waals surface area (Å²) < 4.78 is 84.7. The van der Waals surface area contributed by atoms with E-state index in [1.165, 1.54) is 0 Å². The van der Waals surface area contributed by atoms with Gasteiger partial charge >= 0.3 is 0 Å². The van der Waals surface area contributed by atoms with Crippen molar-refractivity contribution in [2.45, 2.75) is 42.9 Å². The van der Waals surface area contributed by atoms with Crippen molar-refractivity contribution in [2.24, 2.45) is 5.92 Å². The lowest BCUT2D eigenvalue weighted by Crippen LogP contribution is -2.38. The summed E-state index contributed by atoms with van der Waals surface area (Å²) in [7, 11) is 0. The number of thioether (sulfide) groups is 1. The van der Waals surface area contributed by atoms with Gasteiger partial charge in [0.05, 0.1) is 29.0 Å². The maximum atomic E-state index is 14.3. The average Bonchev–Trinajstić information content (AvgIpc) is 3.62. The molecule has 0 bridgehead atoms. The molecular formula is C40H31F5N2O4S2. The van der Waals surface area contributed by atoms with E-state index in [0.717, 1.165) is 36.8 Å². The van der Waals surface area contributed by atoms with Crippen LogP contribution in [0.1, 0.15) is 51.9 Å². The van der Waals surface area contributed by atoms with Crippen molar-refractivity contribution in [3.8, 4) is 11.1 Å². The van der Waals surface area contributed by atoms with Gasteiger partial charge in [-0.3, -0.25) is 4.79 Å². The van der Waals surface area contributed by atoms with E-state index in [0.29, 0.717) is 16.9 Å². The molecule has 6 aromatic rings. The zero-order chi connectivity index (χ0) is 37.2. The van der Waals surface area contributed by atoms with E-state index in [1.54, 1.807) is 47.4 Å². The molecule has 0 spiro atoms. The van der Waals surface area contributed by atoms with Crippen molar-refractivity contribution in [1.82, 2.24) is 10.3 Å². The first kappa shape index (κ1) is 36.7. The summed E-state index contributed by atoms with van der Waals surface area (Å²) in [6.45, 7) is 1.77. The van der Waals surface area contributed by atoms with Crippen LogP contribution in [0.5, 0.6) is 0 Å². The molecule has 1 fully saturated rings. The number of thiazole rings is 1. The minimum absolute atomic E-state index is 0.0284. The molecule has 1 saturated heterocycles. The van der Waals surface area contributed by atoms with Crippen LogP contribution in [0, 0.1) is 35.0 Å². The topological polar surface area (TPSA) is 80.7 Å². The van der Waals surface area contributed by atoms with Crippen LogP contribution in [0.25, 0.3) is 21.3 Å². The van der Waals surface area contributed by atoms with Gasteiger partial charge in [-0.25, -0.2) is 26.9 Å². The first-order chi connectivity index (χ1) is 25.6. The SMILES string of the molecule is CC1C(CSc2nc3ccccc3s2)OC(c2ccc(-c3ccccc3CNC(=O)c3c(F)c(F)c(F)c(F)c3F)cc2)OC1c1ccc(CO)cc1. The Bertz CT molecular complexity index is 2210. The largest absolute Gasteiger partial charge is 0.392 e. The molecule has 1 amide bonds. The number of benzene rings is 5. The molecule has 4 unspecified atom stereocenters. The number of halogens is 5. The van der Waals surface area contributed by atoms with Crippen molar-refractivity contribution >= 4 is 39.2 Å². The zero-order valence-electron chi connectivity index (χ0n) is 28.0. The fourth-order valence-electron chi connectivity index (χ4n) is 6.22. The number of aliphatic hydroxyl groups is 1. The Kier molecular flexibility index (Phi) is 10.9. The quantitative estimate of drug-likeness (QED) is 0.0627. The van der Waals surface area contributed by atoms with E-state index < -0.39 is 46.8 Å². The summed E-state index contributed by atoms with van der Waals surface area (Å²) in [5.74, 6) is -12.0. The number of amides is 1. The van der Waals surface area contributed by atoms with Crippen LogP contribution in [0.4, 0.5) is 22.0 Å². The van der Waals surface area contributed by atoms with Gasteiger partial charge in [-0.2, -0.15) is 0 Å². The van der Waals surface area contributed by atoms with E-state index in [1.807, 2.05) is 72.8 Å². The van der Waals surface area contributed by atoms with Crippen LogP contribution in [-0.2, 0) is 22.6 Å².